The second-order valence-electron chi connectivity index (χ2n) is 6.31. The fourth-order valence-corrected chi connectivity index (χ4v) is 2.39. The molecular weight excluding hydrogens is 246 g/mol. The van der Waals surface area contributed by atoms with Crippen LogP contribution in [-0.2, 0) is 6.42 Å². The van der Waals surface area contributed by atoms with Crippen molar-refractivity contribution in [3.05, 3.63) is 35.4 Å². The standard InChI is InChI=1S/C18H31NO/c1-5-6-7-15(4)19-13-18(20)17-10-8-16(9-11-17)12-14(2)3/h8-11,14-15,18-20H,5-7,12-13H2,1-4H3. The van der Waals surface area contributed by atoms with Crippen molar-refractivity contribution in [2.75, 3.05) is 6.54 Å². The zero-order chi connectivity index (χ0) is 15.0. The highest BCUT2D eigenvalue weighted by Gasteiger charge is 2.09. The van der Waals surface area contributed by atoms with Crippen molar-refractivity contribution in [1.29, 1.82) is 0 Å². The molecule has 114 valence electrons. The van der Waals surface area contributed by atoms with Gasteiger partial charge in [-0.3, -0.25) is 0 Å². The summed E-state index contributed by atoms with van der Waals surface area (Å²) in [7, 11) is 0. The van der Waals surface area contributed by atoms with Gasteiger partial charge in [0.15, 0.2) is 0 Å². The Balaban J connectivity index is 2.41. The molecule has 0 aliphatic carbocycles. The van der Waals surface area contributed by atoms with Crippen molar-refractivity contribution in [2.45, 2.75) is 65.5 Å². The molecule has 2 nitrogen and oxygen atoms in total. The van der Waals surface area contributed by atoms with Crippen LogP contribution in [0.4, 0.5) is 0 Å². The molecule has 1 rings (SSSR count). The summed E-state index contributed by atoms with van der Waals surface area (Å²) in [5.41, 5.74) is 2.35. The SMILES string of the molecule is CCCCC(C)NCC(O)c1ccc(CC(C)C)cc1. The molecule has 0 aromatic heterocycles. The van der Waals surface area contributed by atoms with Crippen LogP contribution >= 0.6 is 0 Å². The Labute approximate surface area is 124 Å². The lowest BCUT2D eigenvalue weighted by Gasteiger charge is -2.17. The van der Waals surface area contributed by atoms with Gasteiger partial charge in [-0.2, -0.15) is 0 Å². The first-order valence-corrected chi connectivity index (χ1v) is 8.03. The number of hydrogen-bond donors (Lipinski definition) is 2. The molecule has 1 aromatic carbocycles. The molecule has 0 amide bonds. The summed E-state index contributed by atoms with van der Waals surface area (Å²) in [5.74, 6) is 0.673. The van der Waals surface area contributed by atoms with Crippen LogP contribution in [0.1, 0.15) is 64.2 Å². The highest BCUT2D eigenvalue weighted by molar-refractivity contribution is 5.24. The van der Waals surface area contributed by atoms with Gasteiger partial charge in [0.2, 0.25) is 0 Å². The molecule has 0 saturated carbocycles. The fourth-order valence-electron chi connectivity index (χ4n) is 2.39. The first-order chi connectivity index (χ1) is 9.52. The van der Waals surface area contributed by atoms with Gasteiger partial charge in [-0.15, -0.1) is 0 Å². The van der Waals surface area contributed by atoms with E-state index in [9.17, 15) is 5.11 Å². The Hall–Kier alpha value is -0.860. The maximum absolute atomic E-state index is 10.2. The third-order valence-corrected chi connectivity index (χ3v) is 3.66. The van der Waals surface area contributed by atoms with Crippen LogP contribution < -0.4 is 5.32 Å². The molecule has 1 aromatic rings. The second kappa shape index (κ2) is 9.15. The number of hydrogen-bond acceptors (Lipinski definition) is 2. The monoisotopic (exact) mass is 277 g/mol. The van der Waals surface area contributed by atoms with Gasteiger partial charge >= 0.3 is 0 Å². The van der Waals surface area contributed by atoms with E-state index in [0.29, 0.717) is 18.5 Å². The van der Waals surface area contributed by atoms with E-state index in [1.54, 1.807) is 0 Å². The average Bonchev–Trinajstić information content (AvgIpc) is 2.42. The number of nitrogens with one attached hydrogen (secondary N) is 1. The molecule has 0 bridgehead atoms. The first-order valence-electron chi connectivity index (χ1n) is 8.03. The third-order valence-electron chi connectivity index (χ3n) is 3.66. The van der Waals surface area contributed by atoms with E-state index in [4.69, 9.17) is 0 Å². The largest absolute Gasteiger partial charge is 0.387 e. The molecule has 0 heterocycles. The number of unbranched alkanes of at least 4 members (excludes halogenated alkanes) is 1. The topological polar surface area (TPSA) is 32.3 Å². The van der Waals surface area contributed by atoms with Gasteiger partial charge in [0.1, 0.15) is 0 Å². The molecule has 2 N–H and O–H groups in total. The predicted molar refractivity (Wildman–Crippen MR) is 86.9 cm³/mol. The highest BCUT2D eigenvalue weighted by atomic mass is 16.3. The van der Waals surface area contributed by atoms with E-state index in [1.807, 2.05) is 0 Å². The first kappa shape index (κ1) is 17.2. The van der Waals surface area contributed by atoms with Gasteiger partial charge in [0, 0.05) is 12.6 Å². The van der Waals surface area contributed by atoms with E-state index in [-0.39, 0.29) is 0 Å². The Kier molecular flexibility index (Phi) is 7.86. The summed E-state index contributed by atoms with van der Waals surface area (Å²) in [5, 5.41) is 13.6. The summed E-state index contributed by atoms with van der Waals surface area (Å²) >= 11 is 0. The summed E-state index contributed by atoms with van der Waals surface area (Å²) in [6.07, 6.45) is 4.34. The summed E-state index contributed by atoms with van der Waals surface area (Å²) < 4.78 is 0. The van der Waals surface area contributed by atoms with Gasteiger partial charge in [0.25, 0.3) is 0 Å². The molecule has 0 aliphatic heterocycles. The second-order valence-corrected chi connectivity index (χ2v) is 6.31. The van der Waals surface area contributed by atoms with Gasteiger partial charge in [-0.05, 0) is 36.8 Å². The van der Waals surface area contributed by atoms with Gasteiger partial charge < -0.3 is 10.4 Å². The predicted octanol–water partition coefficient (Wildman–Crippen LogP) is 4.09. The Morgan fingerprint density at radius 1 is 1.10 bits per heavy atom. The normalized spacial score (nSPS) is 14.5. The molecule has 2 atom stereocenters. The van der Waals surface area contributed by atoms with Gasteiger partial charge in [-0.1, -0.05) is 57.9 Å². The smallest absolute Gasteiger partial charge is 0.0914 e. The van der Waals surface area contributed by atoms with Crippen LogP contribution in [0.25, 0.3) is 0 Å². The minimum absolute atomic E-state index is 0.410. The van der Waals surface area contributed by atoms with E-state index in [2.05, 4.69) is 57.3 Å². The number of aliphatic hydroxyl groups excluding tert-OH is 1. The lowest BCUT2D eigenvalue weighted by atomic mass is 10.00. The van der Waals surface area contributed by atoms with Crippen LogP contribution in [0.5, 0.6) is 0 Å². The fraction of sp³-hybridized carbons (Fsp3) is 0.667. The van der Waals surface area contributed by atoms with E-state index in [1.165, 1.54) is 24.8 Å². The van der Waals surface area contributed by atoms with Gasteiger partial charge in [0.05, 0.1) is 6.10 Å². The molecule has 0 spiro atoms. The van der Waals surface area contributed by atoms with Crippen molar-refractivity contribution >= 4 is 0 Å². The molecule has 0 saturated heterocycles. The maximum atomic E-state index is 10.2. The van der Waals surface area contributed by atoms with Crippen LogP contribution in [0.3, 0.4) is 0 Å². The van der Waals surface area contributed by atoms with E-state index in [0.717, 1.165) is 12.0 Å². The van der Waals surface area contributed by atoms with Crippen molar-refractivity contribution in [3.8, 4) is 0 Å². The van der Waals surface area contributed by atoms with Crippen LogP contribution in [0.2, 0.25) is 0 Å². The molecule has 2 heteroatoms. The lowest BCUT2D eigenvalue weighted by Crippen LogP contribution is -2.30. The third kappa shape index (κ3) is 6.53. The van der Waals surface area contributed by atoms with E-state index >= 15 is 0 Å². The molecular formula is C18H31NO. The summed E-state index contributed by atoms with van der Waals surface area (Å²) in [6.45, 7) is 9.48. The molecule has 20 heavy (non-hydrogen) atoms. The Morgan fingerprint density at radius 2 is 1.75 bits per heavy atom. The summed E-state index contributed by atoms with van der Waals surface area (Å²) in [6, 6.07) is 8.87. The van der Waals surface area contributed by atoms with Crippen molar-refractivity contribution in [1.82, 2.24) is 5.32 Å². The average molecular weight is 277 g/mol. The lowest BCUT2D eigenvalue weighted by molar-refractivity contribution is 0.170. The maximum Gasteiger partial charge on any atom is 0.0914 e. The number of rotatable bonds is 9. The van der Waals surface area contributed by atoms with Gasteiger partial charge in [-0.25, -0.2) is 0 Å². The van der Waals surface area contributed by atoms with Crippen molar-refractivity contribution < 1.29 is 5.11 Å². The Morgan fingerprint density at radius 3 is 2.30 bits per heavy atom. The zero-order valence-corrected chi connectivity index (χ0v) is 13.5. The van der Waals surface area contributed by atoms with Crippen molar-refractivity contribution in [2.24, 2.45) is 5.92 Å². The zero-order valence-electron chi connectivity index (χ0n) is 13.5. The molecule has 0 aliphatic rings. The molecule has 0 radical (unpaired) electrons. The Bertz CT molecular complexity index is 358. The minimum Gasteiger partial charge on any atom is -0.387 e. The van der Waals surface area contributed by atoms with E-state index < -0.39 is 6.10 Å². The highest BCUT2D eigenvalue weighted by Crippen LogP contribution is 2.15. The van der Waals surface area contributed by atoms with Crippen molar-refractivity contribution in [3.63, 3.8) is 0 Å². The molecule has 2 unspecified atom stereocenters. The quantitative estimate of drug-likeness (QED) is 0.712. The van der Waals surface area contributed by atoms with Crippen LogP contribution in [0, 0.1) is 5.92 Å². The number of aliphatic hydroxyl groups is 1. The molecule has 0 fully saturated rings. The minimum atomic E-state index is -0.410. The summed E-state index contributed by atoms with van der Waals surface area (Å²) in [4.78, 5) is 0. The van der Waals surface area contributed by atoms with Crippen LogP contribution in [0.15, 0.2) is 24.3 Å². The van der Waals surface area contributed by atoms with Crippen LogP contribution in [-0.4, -0.2) is 17.7 Å². The number of benzene rings is 1.